The number of ether oxygens (including phenoxy) is 2. The maximum Gasteiger partial charge on any atom is 0.309 e. The summed E-state index contributed by atoms with van der Waals surface area (Å²) in [5.41, 5.74) is 6.03. The first-order valence-electron chi connectivity index (χ1n) is 6.02. The molecule has 0 saturated heterocycles. The molecule has 19 heavy (non-hydrogen) atoms. The van der Waals surface area contributed by atoms with Crippen LogP contribution in [0.3, 0.4) is 0 Å². The molecule has 0 radical (unpaired) electrons. The van der Waals surface area contributed by atoms with E-state index in [1.807, 2.05) is 6.07 Å². The van der Waals surface area contributed by atoms with Crippen molar-refractivity contribution in [2.24, 2.45) is 11.1 Å². The first-order valence-corrected chi connectivity index (χ1v) is 6.02. The van der Waals surface area contributed by atoms with E-state index in [2.05, 4.69) is 0 Å². The van der Waals surface area contributed by atoms with E-state index >= 15 is 0 Å². The molecule has 106 valence electrons. The molecule has 0 aliphatic carbocycles. The van der Waals surface area contributed by atoms with Gasteiger partial charge in [-0.25, -0.2) is 0 Å². The molecule has 3 N–H and O–H groups in total. The molecule has 1 atom stereocenters. The summed E-state index contributed by atoms with van der Waals surface area (Å²) in [6, 6.07) is 5.00. The zero-order valence-corrected chi connectivity index (χ0v) is 11.8. The van der Waals surface area contributed by atoms with Crippen molar-refractivity contribution in [2.45, 2.75) is 26.3 Å². The molecule has 0 amide bonds. The Morgan fingerprint density at radius 3 is 2.37 bits per heavy atom. The van der Waals surface area contributed by atoms with Crippen molar-refractivity contribution in [1.82, 2.24) is 0 Å². The number of methoxy groups -OCH3 is 2. The van der Waals surface area contributed by atoms with Crippen LogP contribution in [0.5, 0.6) is 11.5 Å². The summed E-state index contributed by atoms with van der Waals surface area (Å²) in [4.78, 5) is 11.1. The van der Waals surface area contributed by atoms with Crippen molar-refractivity contribution in [3.05, 3.63) is 23.8 Å². The van der Waals surface area contributed by atoms with Crippen LogP contribution in [0.2, 0.25) is 0 Å². The van der Waals surface area contributed by atoms with Crippen molar-refractivity contribution in [3.63, 3.8) is 0 Å². The summed E-state index contributed by atoms with van der Waals surface area (Å²) in [5.74, 6) is 0.350. The molecule has 0 spiro atoms. The first kappa shape index (κ1) is 15.3. The fourth-order valence-corrected chi connectivity index (χ4v) is 1.84. The predicted octanol–water partition coefficient (Wildman–Crippen LogP) is 2.20. The topological polar surface area (TPSA) is 81.8 Å². The predicted molar refractivity (Wildman–Crippen MR) is 72.5 cm³/mol. The van der Waals surface area contributed by atoms with E-state index in [9.17, 15) is 4.79 Å². The quantitative estimate of drug-likeness (QED) is 0.825. The molecule has 1 rings (SSSR count). The smallest absolute Gasteiger partial charge is 0.309 e. The van der Waals surface area contributed by atoms with E-state index in [-0.39, 0.29) is 6.04 Å². The van der Waals surface area contributed by atoms with E-state index < -0.39 is 11.4 Å². The Balaban J connectivity index is 2.94. The van der Waals surface area contributed by atoms with E-state index in [0.717, 1.165) is 5.56 Å². The highest BCUT2D eigenvalue weighted by Gasteiger charge is 2.30. The highest BCUT2D eigenvalue weighted by Crippen LogP contribution is 2.33. The van der Waals surface area contributed by atoms with Gasteiger partial charge in [0.05, 0.1) is 19.6 Å². The van der Waals surface area contributed by atoms with Crippen LogP contribution in [0.4, 0.5) is 0 Å². The standard InChI is InChI=1S/C14H21NO4/c1-14(2,13(16)17)8-10(15)9-5-6-11(18-3)12(7-9)19-4/h5-7,10H,8,15H2,1-4H3,(H,16,17). The third kappa shape index (κ3) is 3.61. The van der Waals surface area contributed by atoms with Crippen LogP contribution in [0, 0.1) is 5.41 Å². The molecule has 5 nitrogen and oxygen atoms in total. The van der Waals surface area contributed by atoms with E-state index in [4.69, 9.17) is 20.3 Å². The summed E-state index contributed by atoms with van der Waals surface area (Å²) in [6.45, 7) is 3.33. The van der Waals surface area contributed by atoms with Crippen LogP contribution in [0.1, 0.15) is 31.9 Å². The largest absolute Gasteiger partial charge is 0.493 e. The number of aliphatic carboxylic acids is 1. The van der Waals surface area contributed by atoms with Gasteiger partial charge in [0.15, 0.2) is 11.5 Å². The van der Waals surface area contributed by atoms with Gasteiger partial charge in [-0.05, 0) is 38.0 Å². The van der Waals surface area contributed by atoms with Crippen molar-refractivity contribution in [3.8, 4) is 11.5 Å². The van der Waals surface area contributed by atoms with Crippen LogP contribution in [0.25, 0.3) is 0 Å². The number of carboxylic acids is 1. The van der Waals surface area contributed by atoms with E-state index in [1.54, 1.807) is 40.2 Å². The molecule has 0 fully saturated rings. The Morgan fingerprint density at radius 2 is 1.89 bits per heavy atom. The molecule has 0 aromatic heterocycles. The third-order valence-electron chi connectivity index (χ3n) is 3.14. The molecule has 0 bridgehead atoms. The molecule has 1 aromatic carbocycles. The molecule has 0 aliphatic heterocycles. The van der Waals surface area contributed by atoms with Crippen LogP contribution < -0.4 is 15.2 Å². The molecule has 1 unspecified atom stereocenters. The zero-order valence-electron chi connectivity index (χ0n) is 11.8. The van der Waals surface area contributed by atoms with Gasteiger partial charge in [-0.1, -0.05) is 6.07 Å². The van der Waals surface area contributed by atoms with E-state index in [0.29, 0.717) is 17.9 Å². The molecular formula is C14H21NO4. The second kappa shape index (κ2) is 5.93. The van der Waals surface area contributed by atoms with Crippen LogP contribution in [0.15, 0.2) is 18.2 Å². The lowest BCUT2D eigenvalue weighted by atomic mass is 9.84. The number of carbonyl (C=O) groups is 1. The normalized spacial score (nSPS) is 12.9. The number of hydrogen-bond donors (Lipinski definition) is 2. The molecule has 5 heteroatoms. The lowest BCUT2D eigenvalue weighted by Crippen LogP contribution is -2.28. The highest BCUT2D eigenvalue weighted by molar-refractivity contribution is 5.73. The number of nitrogens with two attached hydrogens (primary N) is 1. The first-order chi connectivity index (χ1) is 8.81. The van der Waals surface area contributed by atoms with Gasteiger partial charge in [-0.2, -0.15) is 0 Å². The van der Waals surface area contributed by atoms with Gasteiger partial charge >= 0.3 is 5.97 Å². The van der Waals surface area contributed by atoms with Gasteiger partial charge in [0, 0.05) is 6.04 Å². The van der Waals surface area contributed by atoms with Crippen molar-refractivity contribution < 1.29 is 19.4 Å². The van der Waals surface area contributed by atoms with Gasteiger partial charge in [-0.3, -0.25) is 4.79 Å². The maximum atomic E-state index is 11.1. The lowest BCUT2D eigenvalue weighted by Gasteiger charge is -2.24. The minimum Gasteiger partial charge on any atom is -0.493 e. The van der Waals surface area contributed by atoms with Gasteiger partial charge in [0.25, 0.3) is 0 Å². The average molecular weight is 267 g/mol. The van der Waals surface area contributed by atoms with Gasteiger partial charge in [-0.15, -0.1) is 0 Å². The summed E-state index contributed by atoms with van der Waals surface area (Å²) < 4.78 is 10.4. The van der Waals surface area contributed by atoms with Gasteiger partial charge in [0.1, 0.15) is 0 Å². The van der Waals surface area contributed by atoms with Gasteiger partial charge in [0.2, 0.25) is 0 Å². The Morgan fingerprint density at radius 1 is 1.32 bits per heavy atom. The van der Waals surface area contributed by atoms with Crippen molar-refractivity contribution in [2.75, 3.05) is 14.2 Å². The third-order valence-corrected chi connectivity index (χ3v) is 3.14. The molecule has 1 aromatic rings. The number of rotatable bonds is 6. The van der Waals surface area contributed by atoms with Crippen molar-refractivity contribution in [1.29, 1.82) is 0 Å². The zero-order chi connectivity index (χ0) is 14.6. The monoisotopic (exact) mass is 267 g/mol. The average Bonchev–Trinajstić information content (AvgIpc) is 2.37. The Labute approximate surface area is 113 Å². The van der Waals surface area contributed by atoms with Gasteiger partial charge < -0.3 is 20.3 Å². The Hall–Kier alpha value is -1.75. The fraction of sp³-hybridized carbons (Fsp3) is 0.500. The minimum atomic E-state index is -0.868. The number of benzene rings is 1. The second-order valence-electron chi connectivity index (χ2n) is 5.11. The molecule has 0 heterocycles. The second-order valence-corrected chi connectivity index (χ2v) is 5.11. The van der Waals surface area contributed by atoms with E-state index in [1.165, 1.54) is 0 Å². The Bertz CT molecular complexity index is 457. The number of hydrogen-bond acceptors (Lipinski definition) is 4. The fourth-order valence-electron chi connectivity index (χ4n) is 1.84. The van der Waals surface area contributed by atoms with Crippen molar-refractivity contribution >= 4 is 5.97 Å². The molecule has 0 aliphatic rings. The van der Waals surface area contributed by atoms with Crippen LogP contribution in [-0.2, 0) is 4.79 Å². The summed E-state index contributed by atoms with van der Waals surface area (Å²) in [6.07, 6.45) is 0.345. The Kier molecular flexibility index (Phi) is 4.78. The summed E-state index contributed by atoms with van der Waals surface area (Å²) >= 11 is 0. The molecule has 0 saturated carbocycles. The van der Waals surface area contributed by atoms with Crippen LogP contribution in [-0.4, -0.2) is 25.3 Å². The highest BCUT2D eigenvalue weighted by atomic mass is 16.5. The summed E-state index contributed by atoms with van der Waals surface area (Å²) in [7, 11) is 3.11. The summed E-state index contributed by atoms with van der Waals surface area (Å²) in [5, 5.41) is 9.12. The molecular weight excluding hydrogens is 246 g/mol. The minimum absolute atomic E-state index is 0.345. The lowest BCUT2D eigenvalue weighted by molar-refractivity contribution is -0.147. The van der Waals surface area contributed by atoms with Crippen LogP contribution >= 0.6 is 0 Å². The SMILES string of the molecule is COc1ccc(C(N)CC(C)(C)C(=O)O)cc1OC. The number of carboxylic acid groups (broad SMARTS) is 1. The maximum absolute atomic E-state index is 11.1.